The van der Waals surface area contributed by atoms with E-state index >= 15 is 0 Å². The molecule has 0 aliphatic carbocycles. The molecule has 5 heteroatoms. The molecular formula is C21H23N3O2. The van der Waals surface area contributed by atoms with E-state index in [1.54, 1.807) is 30.3 Å². The predicted octanol–water partition coefficient (Wildman–Crippen LogP) is 2.90. The van der Waals surface area contributed by atoms with Gasteiger partial charge in [-0.2, -0.15) is 5.26 Å². The highest BCUT2D eigenvalue weighted by molar-refractivity contribution is 5.96. The Bertz CT molecular complexity index is 828. The lowest BCUT2D eigenvalue weighted by Gasteiger charge is -2.19. The zero-order chi connectivity index (χ0) is 19.2. The summed E-state index contributed by atoms with van der Waals surface area (Å²) < 4.78 is 0. The molecule has 0 bridgehead atoms. The van der Waals surface area contributed by atoms with Crippen molar-refractivity contribution in [1.29, 1.82) is 5.26 Å². The van der Waals surface area contributed by atoms with Gasteiger partial charge in [0.1, 0.15) is 0 Å². The van der Waals surface area contributed by atoms with Crippen LogP contribution in [0.4, 0.5) is 0 Å². The van der Waals surface area contributed by atoms with Crippen LogP contribution in [-0.2, 0) is 16.8 Å². The number of carbonyl (C=O) groups is 2. The van der Waals surface area contributed by atoms with Crippen LogP contribution in [0.15, 0.2) is 48.5 Å². The minimum atomic E-state index is -0.285. The molecule has 0 unspecified atom stereocenters. The fourth-order valence-electron chi connectivity index (χ4n) is 2.40. The van der Waals surface area contributed by atoms with Crippen molar-refractivity contribution in [2.45, 2.75) is 32.7 Å². The Kier molecular flexibility index (Phi) is 6.13. The van der Waals surface area contributed by atoms with E-state index in [2.05, 4.69) is 37.5 Å². The first-order chi connectivity index (χ1) is 12.3. The smallest absolute Gasteiger partial charge is 0.251 e. The van der Waals surface area contributed by atoms with Gasteiger partial charge in [0.25, 0.3) is 5.91 Å². The van der Waals surface area contributed by atoms with Crippen molar-refractivity contribution in [3.63, 3.8) is 0 Å². The number of hydrogen-bond acceptors (Lipinski definition) is 3. The maximum Gasteiger partial charge on any atom is 0.251 e. The van der Waals surface area contributed by atoms with Crippen molar-refractivity contribution >= 4 is 11.8 Å². The lowest BCUT2D eigenvalue weighted by molar-refractivity contribution is -0.120. The van der Waals surface area contributed by atoms with E-state index in [1.807, 2.05) is 18.2 Å². The van der Waals surface area contributed by atoms with Gasteiger partial charge in [-0.3, -0.25) is 9.59 Å². The number of benzene rings is 2. The molecule has 134 valence electrons. The SMILES string of the molecule is CC(C)(C)c1ccc(C(=O)NCC(=O)NCc2cccc(C#N)c2)cc1. The van der Waals surface area contributed by atoms with Gasteiger partial charge < -0.3 is 10.6 Å². The Balaban J connectivity index is 1.83. The second-order valence-corrected chi connectivity index (χ2v) is 7.10. The van der Waals surface area contributed by atoms with E-state index in [9.17, 15) is 9.59 Å². The molecule has 0 heterocycles. The van der Waals surface area contributed by atoms with Crippen LogP contribution >= 0.6 is 0 Å². The van der Waals surface area contributed by atoms with Crippen molar-refractivity contribution in [2.75, 3.05) is 6.54 Å². The first-order valence-corrected chi connectivity index (χ1v) is 8.44. The molecule has 0 saturated heterocycles. The summed E-state index contributed by atoms with van der Waals surface area (Å²) in [4.78, 5) is 24.0. The van der Waals surface area contributed by atoms with E-state index in [4.69, 9.17) is 5.26 Å². The topological polar surface area (TPSA) is 82.0 Å². The molecule has 0 spiro atoms. The standard InChI is InChI=1S/C21H23N3O2/c1-21(2,3)18-9-7-17(8-10-18)20(26)24-14-19(25)23-13-16-6-4-5-15(11-16)12-22/h4-11H,13-14H2,1-3H3,(H,23,25)(H,24,26). The van der Waals surface area contributed by atoms with Gasteiger partial charge in [-0.15, -0.1) is 0 Å². The lowest BCUT2D eigenvalue weighted by Crippen LogP contribution is -2.36. The summed E-state index contributed by atoms with van der Waals surface area (Å²) in [5.41, 5.74) is 3.07. The molecule has 0 saturated carbocycles. The maximum absolute atomic E-state index is 12.1. The van der Waals surface area contributed by atoms with Crippen LogP contribution in [0.25, 0.3) is 0 Å². The van der Waals surface area contributed by atoms with Crippen LogP contribution < -0.4 is 10.6 Å². The third-order valence-corrected chi connectivity index (χ3v) is 3.97. The van der Waals surface area contributed by atoms with E-state index in [1.165, 1.54) is 0 Å². The average molecular weight is 349 g/mol. The number of nitriles is 1. The lowest BCUT2D eigenvalue weighted by atomic mass is 9.87. The number of carbonyl (C=O) groups excluding carboxylic acids is 2. The van der Waals surface area contributed by atoms with Gasteiger partial charge in [0, 0.05) is 12.1 Å². The Hall–Kier alpha value is -3.13. The highest BCUT2D eigenvalue weighted by Gasteiger charge is 2.14. The molecule has 2 amide bonds. The number of amides is 2. The second-order valence-electron chi connectivity index (χ2n) is 7.10. The van der Waals surface area contributed by atoms with Crippen molar-refractivity contribution in [1.82, 2.24) is 10.6 Å². The molecule has 0 atom stereocenters. The van der Waals surface area contributed by atoms with Gasteiger partial charge >= 0.3 is 0 Å². The summed E-state index contributed by atoms with van der Waals surface area (Å²) in [6.07, 6.45) is 0. The first kappa shape index (κ1) is 19.2. The fraction of sp³-hybridized carbons (Fsp3) is 0.286. The highest BCUT2D eigenvalue weighted by Crippen LogP contribution is 2.22. The maximum atomic E-state index is 12.1. The summed E-state index contributed by atoms with van der Waals surface area (Å²) >= 11 is 0. The van der Waals surface area contributed by atoms with E-state index in [0.29, 0.717) is 17.7 Å². The van der Waals surface area contributed by atoms with Gasteiger partial charge in [-0.1, -0.05) is 45.0 Å². The van der Waals surface area contributed by atoms with Crippen molar-refractivity contribution in [2.24, 2.45) is 0 Å². The summed E-state index contributed by atoms with van der Waals surface area (Å²) in [5, 5.41) is 14.2. The Morgan fingerprint density at radius 1 is 1.04 bits per heavy atom. The molecule has 0 radical (unpaired) electrons. The first-order valence-electron chi connectivity index (χ1n) is 8.44. The Morgan fingerprint density at radius 2 is 1.73 bits per heavy atom. The number of hydrogen-bond donors (Lipinski definition) is 2. The predicted molar refractivity (Wildman–Crippen MR) is 100 cm³/mol. The van der Waals surface area contributed by atoms with Gasteiger partial charge in [0.05, 0.1) is 18.2 Å². The van der Waals surface area contributed by atoms with E-state index < -0.39 is 0 Å². The Labute approximate surface area is 154 Å². The fourth-order valence-corrected chi connectivity index (χ4v) is 2.40. The van der Waals surface area contributed by atoms with Crippen molar-refractivity contribution in [3.8, 4) is 6.07 Å². The Morgan fingerprint density at radius 3 is 2.35 bits per heavy atom. The molecule has 0 fully saturated rings. The summed E-state index contributed by atoms with van der Waals surface area (Å²) in [7, 11) is 0. The third-order valence-electron chi connectivity index (χ3n) is 3.97. The summed E-state index contributed by atoms with van der Waals surface area (Å²) in [5.74, 6) is -0.570. The van der Waals surface area contributed by atoms with Crippen LogP contribution in [0.5, 0.6) is 0 Å². The molecule has 2 aromatic carbocycles. The molecule has 0 aliphatic rings. The molecular weight excluding hydrogens is 326 g/mol. The minimum Gasteiger partial charge on any atom is -0.350 e. The highest BCUT2D eigenvalue weighted by atomic mass is 16.2. The number of nitrogens with zero attached hydrogens (tertiary/aromatic N) is 1. The van der Waals surface area contributed by atoms with Crippen molar-refractivity contribution < 1.29 is 9.59 Å². The second kappa shape index (κ2) is 8.30. The largest absolute Gasteiger partial charge is 0.350 e. The van der Waals surface area contributed by atoms with Crippen LogP contribution in [0, 0.1) is 11.3 Å². The zero-order valence-corrected chi connectivity index (χ0v) is 15.3. The molecule has 2 N–H and O–H groups in total. The zero-order valence-electron chi connectivity index (χ0n) is 15.3. The van der Waals surface area contributed by atoms with Gasteiger partial charge in [-0.05, 0) is 40.8 Å². The van der Waals surface area contributed by atoms with E-state index in [0.717, 1.165) is 11.1 Å². The average Bonchev–Trinajstić information content (AvgIpc) is 2.64. The van der Waals surface area contributed by atoms with Gasteiger partial charge in [0.15, 0.2) is 0 Å². The van der Waals surface area contributed by atoms with Crippen LogP contribution in [-0.4, -0.2) is 18.4 Å². The molecule has 2 aromatic rings. The third kappa shape index (κ3) is 5.45. The molecule has 0 aliphatic heterocycles. The normalized spacial score (nSPS) is 10.7. The monoisotopic (exact) mass is 349 g/mol. The van der Waals surface area contributed by atoms with Crippen molar-refractivity contribution in [3.05, 3.63) is 70.8 Å². The quantitative estimate of drug-likeness (QED) is 0.871. The van der Waals surface area contributed by atoms with Crippen LogP contribution in [0.2, 0.25) is 0 Å². The molecule has 5 nitrogen and oxygen atoms in total. The van der Waals surface area contributed by atoms with Gasteiger partial charge in [0.2, 0.25) is 5.91 Å². The summed E-state index contributed by atoms with van der Waals surface area (Å²) in [6, 6.07) is 16.5. The van der Waals surface area contributed by atoms with Gasteiger partial charge in [-0.25, -0.2) is 0 Å². The van der Waals surface area contributed by atoms with Crippen LogP contribution in [0.1, 0.15) is 47.8 Å². The summed E-state index contributed by atoms with van der Waals surface area (Å²) in [6.45, 7) is 6.54. The molecule has 0 aromatic heterocycles. The van der Waals surface area contributed by atoms with E-state index in [-0.39, 0.29) is 23.8 Å². The molecule has 2 rings (SSSR count). The molecule has 26 heavy (non-hydrogen) atoms. The van der Waals surface area contributed by atoms with Crippen LogP contribution in [0.3, 0.4) is 0 Å². The number of nitrogens with one attached hydrogen (secondary N) is 2. The minimum absolute atomic E-state index is 0.0255. The number of rotatable bonds is 5.